The van der Waals surface area contributed by atoms with Crippen LogP contribution in [-0.2, 0) is 6.42 Å². The second-order valence-corrected chi connectivity index (χ2v) is 5.12. The van der Waals surface area contributed by atoms with E-state index < -0.39 is 0 Å². The summed E-state index contributed by atoms with van der Waals surface area (Å²) < 4.78 is 14.1. The number of benzene rings is 1. The van der Waals surface area contributed by atoms with Crippen molar-refractivity contribution in [2.24, 2.45) is 0 Å². The summed E-state index contributed by atoms with van der Waals surface area (Å²) >= 11 is 9.38. The van der Waals surface area contributed by atoms with Crippen molar-refractivity contribution in [3.05, 3.63) is 44.9 Å². The molecule has 2 aromatic rings. The molecule has 0 unspecified atom stereocenters. The van der Waals surface area contributed by atoms with E-state index in [1.165, 1.54) is 12.1 Å². The van der Waals surface area contributed by atoms with E-state index in [-0.39, 0.29) is 5.82 Å². The number of aromatic nitrogens is 2. The molecule has 1 heterocycles. The minimum atomic E-state index is -0.300. The average molecular weight is 330 g/mol. The van der Waals surface area contributed by atoms with Crippen LogP contribution in [0.15, 0.2) is 22.7 Å². The summed E-state index contributed by atoms with van der Waals surface area (Å²) in [5.41, 5.74) is 2.27. The summed E-state index contributed by atoms with van der Waals surface area (Å²) in [5.74, 6) is 0.147. The van der Waals surface area contributed by atoms with E-state index in [1.54, 1.807) is 0 Å². The highest BCUT2D eigenvalue weighted by atomic mass is 79.9. The van der Waals surface area contributed by atoms with E-state index in [0.717, 1.165) is 17.7 Å². The van der Waals surface area contributed by atoms with Crippen LogP contribution in [0.3, 0.4) is 0 Å². The third kappa shape index (κ3) is 2.70. The fourth-order valence-electron chi connectivity index (χ4n) is 1.69. The van der Waals surface area contributed by atoms with E-state index in [4.69, 9.17) is 11.6 Å². The van der Waals surface area contributed by atoms with E-state index in [0.29, 0.717) is 21.0 Å². The average Bonchev–Trinajstić information content (AvgIpc) is 2.31. The zero-order valence-corrected chi connectivity index (χ0v) is 12.3. The molecular formula is C13H11BrClFN2. The van der Waals surface area contributed by atoms with E-state index in [2.05, 4.69) is 25.9 Å². The SMILES string of the molecule is CCc1nc(-c2cc(C)cc(F)c2)nc(Cl)c1Br. The van der Waals surface area contributed by atoms with Crippen molar-refractivity contribution in [1.29, 1.82) is 0 Å². The lowest BCUT2D eigenvalue weighted by Crippen LogP contribution is -1.98. The number of rotatable bonds is 2. The van der Waals surface area contributed by atoms with Gasteiger partial charge in [0.2, 0.25) is 0 Å². The third-order valence-electron chi connectivity index (χ3n) is 2.51. The van der Waals surface area contributed by atoms with Crippen LogP contribution in [0.25, 0.3) is 11.4 Å². The molecule has 0 spiro atoms. The molecule has 2 nitrogen and oxygen atoms in total. The van der Waals surface area contributed by atoms with Crippen molar-refractivity contribution in [2.45, 2.75) is 20.3 Å². The molecule has 0 aliphatic heterocycles. The Balaban J connectivity index is 2.60. The molecule has 5 heteroatoms. The predicted molar refractivity (Wildman–Crippen MR) is 74.3 cm³/mol. The van der Waals surface area contributed by atoms with Crippen LogP contribution in [0.1, 0.15) is 18.2 Å². The molecule has 0 N–H and O–H groups in total. The Labute approximate surface area is 118 Å². The van der Waals surface area contributed by atoms with E-state index in [9.17, 15) is 4.39 Å². The van der Waals surface area contributed by atoms with Crippen LogP contribution in [0.2, 0.25) is 5.15 Å². The van der Waals surface area contributed by atoms with Crippen LogP contribution >= 0.6 is 27.5 Å². The lowest BCUT2D eigenvalue weighted by atomic mass is 10.1. The molecule has 1 aromatic carbocycles. The molecule has 0 amide bonds. The molecule has 0 fully saturated rings. The van der Waals surface area contributed by atoms with E-state index >= 15 is 0 Å². The van der Waals surface area contributed by atoms with Gasteiger partial charge in [-0.05, 0) is 53.0 Å². The largest absolute Gasteiger partial charge is 0.232 e. The first kappa shape index (κ1) is 13.4. The highest BCUT2D eigenvalue weighted by Crippen LogP contribution is 2.27. The normalized spacial score (nSPS) is 10.7. The van der Waals surface area contributed by atoms with Gasteiger partial charge in [0.05, 0.1) is 10.2 Å². The zero-order chi connectivity index (χ0) is 13.3. The Morgan fingerprint density at radius 2 is 2.00 bits per heavy atom. The van der Waals surface area contributed by atoms with Gasteiger partial charge in [-0.3, -0.25) is 0 Å². The van der Waals surface area contributed by atoms with Crippen LogP contribution < -0.4 is 0 Å². The van der Waals surface area contributed by atoms with Crippen molar-refractivity contribution in [2.75, 3.05) is 0 Å². The minimum absolute atomic E-state index is 0.300. The van der Waals surface area contributed by atoms with Gasteiger partial charge in [0, 0.05) is 5.56 Å². The number of nitrogens with zero attached hydrogens (tertiary/aromatic N) is 2. The van der Waals surface area contributed by atoms with Gasteiger partial charge in [0.15, 0.2) is 5.82 Å². The standard InChI is InChI=1S/C13H11BrClFN2/c1-3-10-11(14)12(15)18-13(17-10)8-4-7(2)5-9(16)6-8/h4-6H,3H2,1-2H3. The van der Waals surface area contributed by atoms with Crippen LogP contribution in [0.5, 0.6) is 0 Å². The number of hydrogen-bond donors (Lipinski definition) is 0. The predicted octanol–water partition coefficient (Wildman–Crippen LogP) is 4.57. The van der Waals surface area contributed by atoms with Gasteiger partial charge in [-0.15, -0.1) is 0 Å². The lowest BCUT2D eigenvalue weighted by Gasteiger charge is -2.07. The van der Waals surface area contributed by atoms with Crippen LogP contribution in [0.4, 0.5) is 4.39 Å². The second kappa shape index (κ2) is 5.33. The summed E-state index contributed by atoms with van der Waals surface area (Å²) in [6.45, 7) is 3.80. The molecule has 0 saturated heterocycles. The first-order valence-corrected chi connectivity index (χ1v) is 6.68. The fourth-order valence-corrected chi connectivity index (χ4v) is 2.34. The van der Waals surface area contributed by atoms with Crippen LogP contribution in [-0.4, -0.2) is 9.97 Å². The van der Waals surface area contributed by atoms with Crippen molar-refractivity contribution < 1.29 is 4.39 Å². The van der Waals surface area contributed by atoms with Gasteiger partial charge >= 0.3 is 0 Å². The van der Waals surface area contributed by atoms with Gasteiger partial charge in [-0.25, -0.2) is 14.4 Å². The van der Waals surface area contributed by atoms with Gasteiger partial charge in [-0.2, -0.15) is 0 Å². The van der Waals surface area contributed by atoms with Gasteiger partial charge in [0.1, 0.15) is 11.0 Å². The van der Waals surface area contributed by atoms with Crippen molar-refractivity contribution >= 4 is 27.5 Å². The Morgan fingerprint density at radius 1 is 1.28 bits per heavy atom. The maximum Gasteiger partial charge on any atom is 0.161 e. The summed E-state index contributed by atoms with van der Waals surface area (Å²) in [5, 5.41) is 0.346. The maximum atomic E-state index is 13.4. The summed E-state index contributed by atoms with van der Waals surface area (Å²) in [6.07, 6.45) is 0.726. The Kier molecular flexibility index (Phi) is 3.97. The highest BCUT2D eigenvalue weighted by Gasteiger charge is 2.11. The second-order valence-electron chi connectivity index (χ2n) is 3.97. The highest BCUT2D eigenvalue weighted by molar-refractivity contribution is 9.10. The maximum absolute atomic E-state index is 13.4. The minimum Gasteiger partial charge on any atom is -0.232 e. The molecule has 0 aliphatic rings. The smallest absolute Gasteiger partial charge is 0.161 e. The topological polar surface area (TPSA) is 25.8 Å². The first-order valence-electron chi connectivity index (χ1n) is 5.50. The number of halogens is 3. The molecule has 2 rings (SSSR count). The Hall–Kier alpha value is -1.00. The van der Waals surface area contributed by atoms with Crippen molar-refractivity contribution in [3.8, 4) is 11.4 Å². The molecule has 0 radical (unpaired) electrons. The van der Waals surface area contributed by atoms with Crippen molar-refractivity contribution in [3.63, 3.8) is 0 Å². The molecule has 94 valence electrons. The summed E-state index contributed by atoms with van der Waals surface area (Å²) in [6, 6.07) is 4.71. The summed E-state index contributed by atoms with van der Waals surface area (Å²) in [7, 11) is 0. The molecule has 18 heavy (non-hydrogen) atoms. The molecule has 0 bridgehead atoms. The lowest BCUT2D eigenvalue weighted by molar-refractivity contribution is 0.627. The first-order chi connectivity index (χ1) is 8.51. The van der Waals surface area contributed by atoms with Crippen molar-refractivity contribution in [1.82, 2.24) is 9.97 Å². The monoisotopic (exact) mass is 328 g/mol. The molecule has 0 saturated carbocycles. The third-order valence-corrected chi connectivity index (χ3v) is 3.85. The Morgan fingerprint density at radius 3 is 2.61 bits per heavy atom. The zero-order valence-electron chi connectivity index (χ0n) is 9.97. The van der Waals surface area contributed by atoms with Crippen LogP contribution in [0, 0.1) is 12.7 Å². The van der Waals surface area contributed by atoms with Gasteiger partial charge < -0.3 is 0 Å². The van der Waals surface area contributed by atoms with Gasteiger partial charge in [-0.1, -0.05) is 18.5 Å². The molecular weight excluding hydrogens is 319 g/mol. The fraction of sp³-hybridized carbons (Fsp3) is 0.231. The number of hydrogen-bond acceptors (Lipinski definition) is 2. The molecule has 1 aromatic heterocycles. The quantitative estimate of drug-likeness (QED) is 0.754. The Bertz CT molecular complexity index is 582. The molecule has 0 atom stereocenters. The molecule has 0 aliphatic carbocycles. The van der Waals surface area contributed by atoms with E-state index in [1.807, 2.05) is 19.9 Å². The number of aryl methyl sites for hydroxylation is 2. The van der Waals surface area contributed by atoms with Gasteiger partial charge in [0.25, 0.3) is 0 Å². The summed E-state index contributed by atoms with van der Waals surface area (Å²) in [4.78, 5) is 8.57.